The molecule has 0 bridgehead atoms. The molecule has 0 aliphatic heterocycles. The highest BCUT2D eigenvalue weighted by Crippen LogP contribution is 2.32. The van der Waals surface area contributed by atoms with Crippen molar-refractivity contribution in [3.05, 3.63) is 40.5 Å². The lowest BCUT2D eigenvalue weighted by Gasteiger charge is -2.17. The van der Waals surface area contributed by atoms with Gasteiger partial charge in [0, 0.05) is 11.1 Å². The second kappa shape index (κ2) is 6.05. The Labute approximate surface area is 114 Å². The van der Waals surface area contributed by atoms with E-state index in [1.54, 1.807) is 6.92 Å². The molecule has 0 heterocycles. The fourth-order valence-corrected chi connectivity index (χ4v) is 2.07. The lowest BCUT2D eigenvalue weighted by atomic mass is 9.97. The van der Waals surface area contributed by atoms with Gasteiger partial charge >= 0.3 is 5.97 Å². The Morgan fingerprint density at radius 2 is 2.06 bits per heavy atom. The number of carbonyl (C=O) groups excluding carboxylic acids is 1. The number of aryl methyl sites for hydroxylation is 1. The highest BCUT2D eigenvalue weighted by molar-refractivity contribution is 6.17. The monoisotopic (exact) mass is 266 g/mol. The Hall–Kier alpha value is -1.28. The van der Waals surface area contributed by atoms with E-state index in [-0.39, 0.29) is 0 Å². The number of benzene rings is 1. The van der Waals surface area contributed by atoms with Crippen LogP contribution in [0.2, 0.25) is 0 Å². The van der Waals surface area contributed by atoms with Crippen LogP contribution < -0.4 is 4.74 Å². The smallest absolute Gasteiger partial charge is 0.338 e. The summed E-state index contributed by atoms with van der Waals surface area (Å²) in [4.78, 5) is 11.7. The van der Waals surface area contributed by atoms with Crippen LogP contribution >= 0.6 is 11.6 Å². The molecule has 0 aliphatic rings. The summed E-state index contributed by atoms with van der Waals surface area (Å²) in [6, 6.07) is 1.97. The molecule has 0 spiro atoms. The summed E-state index contributed by atoms with van der Waals surface area (Å²) in [7, 11) is 0. The molecule has 1 aromatic carbocycles. The first kappa shape index (κ1) is 14.8. The molecule has 98 valence electrons. The van der Waals surface area contributed by atoms with Crippen LogP contribution in [0.25, 0.3) is 0 Å². The molecule has 18 heavy (non-hydrogen) atoms. The molecule has 0 amide bonds. The fourth-order valence-electron chi connectivity index (χ4n) is 1.87. The highest BCUT2D eigenvalue weighted by Gasteiger charge is 2.16. The Balaban J connectivity index is 3.35. The van der Waals surface area contributed by atoms with Crippen LogP contribution in [-0.4, -0.2) is 5.97 Å². The third-order valence-corrected chi connectivity index (χ3v) is 3.33. The third-order valence-electron chi connectivity index (χ3n) is 3.04. The van der Waals surface area contributed by atoms with E-state index in [9.17, 15) is 4.79 Å². The Bertz CT molecular complexity index is 490. The lowest BCUT2D eigenvalue weighted by molar-refractivity contribution is -0.130. The van der Waals surface area contributed by atoms with Crippen molar-refractivity contribution in [1.82, 2.24) is 0 Å². The standard InChI is InChI=1S/C15H19ClO2/c1-6-13-11(5)10(4)7-12(8-16)14(13)18-15(17)9(2)3/h7H,2,6,8H2,1,3-5H3. The van der Waals surface area contributed by atoms with E-state index < -0.39 is 5.97 Å². The van der Waals surface area contributed by atoms with Gasteiger partial charge in [-0.05, 0) is 43.9 Å². The second-order valence-corrected chi connectivity index (χ2v) is 4.71. The van der Waals surface area contributed by atoms with E-state index in [1.807, 2.05) is 26.8 Å². The van der Waals surface area contributed by atoms with Gasteiger partial charge in [-0.1, -0.05) is 19.6 Å². The average molecular weight is 267 g/mol. The van der Waals surface area contributed by atoms with Gasteiger partial charge in [0.25, 0.3) is 0 Å². The molecule has 0 atom stereocenters. The van der Waals surface area contributed by atoms with Crippen molar-refractivity contribution < 1.29 is 9.53 Å². The molecule has 0 fully saturated rings. The summed E-state index contributed by atoms with van der Waals surface area (Å²) in [6.45, 7) is 11.3. The Morgan fingerprint density at radius 3 is 2.50 bits per heavy atom. The van der Waals surface area contributed by atoms with Crippen molar-refractivity contribution in [2.45, 2.75) is 40.0 Å². The van der Waals surface area contributed by atoms with Gasteiger partial charge in [0.1, 0.15) is 5.75 Å². The summed E-state index contributed by atoms with van der Waals surface area (Å²) < 4.78 is 5.43. The molecular weight excluding hydrogens is 248 g/mol. The predicted molar refractivity (Wildman–Crippen MR) is 75.3 cm³/mol. The van der Waals surface area contributed by atoms with Crippen LogP contribution in [0.1, 0.15) is 36.1 Å². The molecule has 0 N–H and O–H groups in total. The van der Waals surface area contributed by atoms with Gasteiger partial charge in [0.15, 0.2) is 0 Å². The van der Waals surface area contributed by atoms with Crippen LogP contribution in [0.4, 0.5) is 0 Å². The van der Waals surface area contributed by atoms with Gasteiger partial charge in [-0.15, -0.1) is 11.6 Å². The first-order valence-corrected chi connectivity index (χ1v) is 6.51. The van der Waals surface area contributed by atoms with Crippen LogP contribution in [0.15, 0.2) is 18.2 Å². The van der Waals surface area contributed by atoms with Crippen LogP contribution in [0.3, 0.4) is 0 Å². The largest absolute Gasteiger partial charge is 0.423 e. The number of hydrogen-bond acceptors (Lipinski definition) is 2. The van der Waals surface area contributed by atoms with Gasteiger partial charge in [0.2, 0.25) is 0 Å². The molecule has 3 heteroatoms. The molecule has 1 aromatic rings. The predicted octanol–water partition coefficient (Wildman–Crippen LogP) is 4.09. The van der Waals surface area contributed by atoms with Crippen LogP contribution in [0, 0.1) is 13.8 Å². The number of hydrogen-bond donors (Lipinski definition) is 0. The van der Waals surface area contributed by atoms with Crippen molar-refractivity contribution in [3.63, 3.8) is 0 Å². The first-order valence-electron chi connectivity index (χ1n) is 5.97. The zero-order chi connectivity index (χ0) is 13.9. The Morgan fingerprint density at radius 1 is 1.44 bits per heavy atom. The maximum absolute atomic E-state index is 11.7. The zero-order valence-electron chi connectivity index (χ0n) is 11.4. The SMILES string of the molecule is C=C(C)C(=O)Oc1c(CCl)cc(C)c(C)c1CC. The normalized spacial score (nSPS) is 10.3. The maximum atomic E-state index is 11.7. The summed E-state index contributed by atoms with van der Waals surface area (Å²) in [5.41, 5.74) is 4.59. The number of rotatable bonds is 4. The topological polar surface area (TPSA) is 26.3 Å². The van der Waals surface area contributed by atoms with Crippen LogP contribution in [-0.2, 0) is 17.1 Å². The molecule has 0 saturated carbocycles. The number of halogens is 1. The average Bonchev–Trinajstić information content (AvgIpc) is 2.33. The highest BCUT2D eigenvalue weighted by atomic mass is 35.5. The van der Waals surface area contributed by atoms with E-state index in [0.29, 0.717) is 17.2 Å². The van der Waals surface area contributed by atoms with Gasteiger partial charge < -0.3 is 4.74 Å². The van der Waals surface area contributed by atoms with Crippen molar-refractivity contribution >= 4 is 17.6 Å². The van der Waals surface area contributed by atoms with E-state index in [4.69, 9.17) is 16.3 Å². The molecule has 0 radical (unpaired) electrons. The van der Waals surface area contributed by atoms with Gasteiger partial charge in [0.05, 0.1) is 5.88 Å². The molecule has 0 aromatic heterocycles. The minimum atomic E-state index is -0.403. The fraction of sp³-hybridized carbons (Fsp3) is 0.400. The van der Waals surface area contributed by atoms with E-state index in [2.05, 4.69) is 6.58 Å². The number of carbonyl (C=O) groups is 1. The zero-order valence-corrected chi connectivity index (χ0v) is 12.1. The van der Waals surface area contributed by atoms with Gasteiger partial charge in [-0.2, -0.15) is 0 Å². The third kappa shape index (κ3) is 2.94. The van der Waals surface area contributed by atoms with Crippen molar-refractivity contribution in [3.8, 4) is 5.75 Å². The summed E-state index contributed by atoms with van der Waals surface area (Å²) in [5.74, 6) is 0.523. The van der Waals surface area contributed by atoms with E-state index in [0.717, 1.165) is 28.7 Å². The molecule has 0 aliphatic carbocycles. The second-order valence-electron chi connectivity index (χ2n) is 4.44. The minimum absolute atomic E-state index is 0.326. The van der Waals surface area contributed by atoms with E-state index >= 15 is 0 Å². The number of esters is 1. The van der Waals surface area contributed by atoms with Crippen molar-refractivity contribution in [2.75, 3.05) is 0 Å². The summed E-state index contributed by atoms with van der Waals surface area (Å²) in [6.07, 6.45) is 0.802. The van der Waals surface area contributed by atoms with Crippen molar-refractivity contribution in [2.24, 2.45) is 0 Å². The van der Waals surface area contributed by atoms with Crippen molar-refractivity contribution in [1.29, 1.82) is 0 Å². The van der Waals surface area contributed by atoms with E-state index in [1.165, 1.54) is 0 Å². The molecule has 1 rings (SSSR count). The summed E-state index contributed by atoms with van der Waals surface area (Å²) in [5, 5.41) is 0. The van der Waals surface area contributed by atoms with Gasteiger partial charge in [-0.3, -0.25) is 0 Å². The minimum Gasteiger partial charge on any atom is -0.423 e. The van der Waals surface area contributed by atoms with Gasteiger partial charge in [-0.25, -0.2) is 4.79 Å². The number of ether oxygens (including phenoxy) is 1. The lowest BCUT2D eigenvalue weighted by Crippen LogP contribution is -2.12. The maximum Gasteiger partial charge on any atom is 0.338 e. The number of alkyl halides is 1. The quantitative estimate of drug-likeness (QED) is 0.355. The molecular formula is C15H19ClO2. The molecule has 0 unspecified atom stereocenters. The first-order chi connectivity index (χ1) is 8.42. The molecule has 2 nitrogen and oxygen atoms in total. The van der Waals surface area contributed by atoms with Crippen LogP contribution in [0.5, 0.6) is 5.75 Å². The Kier molecular flexibility index (Phi) is 4.97. The summed E-state index contributed by atoms with van der Waals surface area (Å²) >= 11 is 5.93. The molecule has 0 saturated heterocycles.